The van der Waals surface area contributed by atoms with Crippen LogP contribution in [0.5, 0.6) is 0 Å². The minimum absolute atomic E-state index is 0.607. The Bertz CT molecular complexity index is 665. The fourth-order valence-electron chi connectivity index (χ4n) is 2.46. The van der Waals surface area contributed by atoms with E-state index >= 15 is 0 Å². The van der Waals surface area contributed by atoms with Gasteiger partial charge in [-0.1, -0.05) is 11.6 Å². The molecule has 0 bridgehead atoms. The molecule has 4 heteroatoms. The lowest BCUT2D eigenvalue weighted by atomic mass is 10.2. The van der Waals surface area contributed by atoms with E-state index in [1.54, 1.807) is 18.2 Å². The zero-order valence-electron chi connectivity index (χ0n) is 12.0. The number of nitriles is 1. The smallest absolute Gasteiger partial charge is 0.0992 e. The van der Waals surface area contributed by atoms with Crippen molar-refractivity contribution in [3.8, 4) is 6.07 Å². The number of halogens is 1. The molecule has 1 heterocycles. The second-order valence-electron chi connectivity index (χ2n) is 4.80. The maximum absolute atomic E-state index is 8.93. The van der Waals surface area contributed by atoms with Gasteiger partial charge in [-0.2, -0.15) is 5.26 Å². The minimum Gasteiger partial charge on any atom is -0.380 e. The van der Waals surface area contributed by atoms with Crippen LogP contribution in [0.1, 0.15) is 29.4 Å². The van der Waals surface area contributed by atoms with E-state index in [0.29, 0.717) is 17.1 Å². The van der Waals surface area contributed by atoms with Crippen molar-refractivity contribution in [2.75, 3.05) is 5.32 Å². The van der Waals surface area contributed by atoms with E-state index in [1.165, 1.54) is 17.0 Å². The summed E-state index contributed by atoms with van der Waals surface area (Å²) in [6.07, 6.45) is 0. The molecular weight excluding hydrogens is 270 g/mol. The van der Waals surface area contributed by atoms with Crippen LogP contribution < -0.4 is 5.32 Å². The van der Waals surface area contributed by atoms with Crippen molar-refractivity contribution in [1.82, 2.24) is 4.57 Å². The van der Waals surface area contributed by atoms with Gasteiger partial charge >= 0.3 is 0 Å². The Balaban J connectivity index is 2.19. The van der Waals surface area contributed by atoms with Crippen LogP contribution in [0.4, 0.5) is 5.69 Å². The summed E-state index contributed by atoms with van der Waals surface area (Å²) >= 11 is 6.15. The first-order valence-corrected chi connectivity index (χ1v) is 7.03. The van der Waals surface area contributed by atoms with E-state index < -0.39 is 0 Å². The minimum atomic E-state index is 0.607. The third-order valence-electron chi connectivity index (χ3n) is 3.56. The second kappa shape index (κ2) is 6.02. The van der Waals surface area contributed by atoms with Crippen molar-refractivity contribution >= 4 is 17.3 Å². The van der Waals surface area contributed by atoms with Gasteiger partial charge in [0.1, 0.15) is 0 Å². The van der Waals surface area contributed by atoms with Crippen LogP contribution >= 0.6 is 11.6 Å². The fraction of sp³-hybridized carbons (Fsp3) is 0.312. The molecule has 2 rings (SSSR count). The number of rotatable bonds is 4. The molecule has 0 aliphatic heterocycles. The molecule has 0 aliphatic rings. The van der Waals surface area contributed by atoms with Crippen LogP contribution in [0.3, 0.4) is 0 Å². The van der Waals surface area contributed by atoms with Crippen LogP contribution in [0, 0.1) is 25.2 Å². The first-order chi connectivity index (χ1) is 9.56. The molecule has 0 fully saturated rings. The number of anilines is 1. The average Bonchev–Trinajstić information content (AvgIpc) is 2.72. The monoisotopic (exact) mass is 287 g/mol. The normalized spacial score (nSPS) is 10.3. The fourth-order valence-corrected chi connectivity index (χ4v) is 2.64. The van der Waals surface area contributed by atoms with E-state index in [9.17, 15) is 0 Å². The van der Waals surface area contributed by atoms with Crippen molar-refractivity contribution in [3.63, 3.8) is 0 Å². The molecular formula is C16H18ClN3. The van der Waals surface area contributed by atoms with Gasteiger partial charge in [-0.25, -0.2) is 0 Å². The number of aryl methyl sites for hydroxylation is 1. The molecule has 1 aromatic carbocycles. The highest BCUT2D eigenvalue weighted by atomic mass is 35.5. The molecule has 0 radical (unpaired) electrons. The highest BCUT2D eigenvalue weighted by Gasteiger charge is 2.08. The van der Waals surface area contributed by atoms with E-state index in [2.05, 4.69) is 42.8 Å². The molecule has 0 unspecified atom stereocenters. The van der Waals surface area contributed by atoms with Gasteiger partial charge in [-0.15, -0.1) is 0 Å². The largest absolute Gasteiger partial charge is 0.380 e. The molecule has 2 aromatic rings. The zero-order chi connectivity index (χ0) is 14.7. The Morgan fingerprint density at radius 3 is 2.65 bits per heavy atom. The van der Waals surface area contributed by atoms with E-state index in [4.69, 9.17) is 16.9 Å². The summed E-state index contributed by atoms with van der Waals surface area (Å²) in [6.45, 7) is 8.06. The van der Waals surface area contributed by atoms with Crippen LogP contribution in [0.15, 0.2) is 24.3 Å². The summed E-state index contributed by atoms with van der Waals surface area (Å²) in [6, 6.07) is 9.56. The van der Waals surface area contributed by atoms with Crippen LogP contribution in [0.25, 0.3) is 0 Å². The number of hydrogen-bond donors (Lipinski definition) is 1. The number of aromatic nitrogens is 1. The van der Waals surface area contributed by atoms with Gasteiger partial charge < -0.3 is 9.88 Å². The average molecular weight is 288 g/mol. The number of benzene rings is 1. The molecule has 0 atom stereocenters. The summed E-state index contributed by atoms with van der Waals surface area (Å²) in [5.41, 5.74) is 5.19. The molecule has 0 aliphatic carbocycles. The third-order valence-corrected chi connectivity index (χ3v) is 3.89. The summed E-state index contributed by atoms with van der Waals surface area (Å²) in [4.78, 5) is 0. The Morgan fingerprint density at radius 1 is 1.30 bits per heavy atom. The molecule has 3 nitrogen and oxygen atoms in total. The van der Waals surface area contributed by atoms with Crippen LogP contribution in [0.2, 0.25) is 5.02 Å². The summed E-state index contributed by atoms with van der Waals surface area (Å²) in [5.74, 6) is 0. The number of hydrogen-bond acceptors (Lipinski definition) is 2. The molecule has 0 saturated carbocycles. The summed E-state index contributed by atoms with van der Waals surface area (Å²) < 4.78 is 2.28. The SMILES string of the molecule is CCn1c(C)cc(CNc2cc(C#N)ccc2Cl)c1C. The zero-order valence-corrected chi connectivity index (χ0v) is 12.8. The highest BCUT2D eigenvalue weighted by Crippen LogP contribution is 2.24. The maximum Gasteiger partial charge on any atom is 0.0992 e. The molecule has 20 heavy (non-hydrogen) atoms. The van der Waals surface area contributed by atoms with Gasteiger partial charge in [0.15, 0.2) is 0 Å². The van der Waals surface area contributed by atoms with Crippen LogP contribution in [-0.4, -0.2) is 4.57 Å². The molecule has 0 spiro atoms. The van der Waals surface area contributed by atoms with Gasteiger partial charge in [-0.3, -0.25) is 0 Å². The van der Waals surface area contributed by atoms with Crippen molar-refractivity contribution in [2.24, 2.45) is 0 Å². The molecule has 1 aromatic heterocycles. The number of nitrogens with zero attached hydrogens (tertiary/aromatic N) is 2. The van der Waals surface area contributed by atoms with Crippen LogP contribution in [-0.2, 0) is 13.1 Å². The lowest BCUT2D eigenvalue weighted by Gasteiger charge is -2.10. The van der Waals surface area contributed by atoms with Crippen molar-refractivity contribution < 1.29 is 0 Å². The molecule has 0 amide bonds. The Kier molecular flexibility index (Phi) is 4.36. The predicted octanol–water partition coefficient (Wildman–Crippen LogP) is 4.26. The van der Waals surface area contributed by atoms with Crippen molar-refractivity contribution in [2.45, 2.75) is 33.9 Å². The van der Waals surface area contributed by atoms with E-state index in [1.807, 2.05) is 0 Å². The van der Waals surface area contributed by atoms with Gasteiger partial charge in [0.25, 0.3) is 0 Å². The van der Waals surface area contributed by atoms with Crippen molar-refractivity contribution in [1.29, 1.82) is 5.26 Å². The topological polar surface area (TPSA) is 40.8 Å². The van der Waals surface area contributed by atoms with Gasteiger partial charge in [0, 0.05) is 24.5 Å². The first kappa shape index (κ1) is 14.5. The molecule has 0 saturated heterocycles. The third kappa shape index (κ3) is 2.81. The molecule has 104 valence electrons. The van der Waals surface area contributed by atoms with Gasteiger partial charge in [0.2, 0.25) is 0 Å². The van der Waals surface area contributed by atoms with Gasteiger partial charge in [0.05, 0.1) is 22.3 Å². The number of nitrogens with one attached hydrogen (secondary N) is 1. The van der Waals surface area contributed by atoms with E-state index in [-0.39, 0.29) is 0 Å². The standard InChI is InChI=1S/C16H18ClN3/c1-4-20-11(2)7-14(12(20)3)10-19-16-8-13(9-18)5-6-15(16)17/h5-8,19H,4,10H2,1-3H3. The Hall–Kier alpha value is -1.92. The Morgan fingerprint density at radius 2 is 2.05 bits per heavy atom. The van der Waals surface area contributed by atoms with E-state index in [0.717, 1.165) is 12.2 Å². The van der Waals surface area contributed by atoms with Crippen molar-refractivity contribution in [3.05, 3.63) is 51.8 Å². The summed E-state index contributed by atoms with van der Waals surface area (Å²) in [5, 5.41) is 12.9. The quantitative estimate of drug-likeness (QED) is 0.913. The molecule has 1 N–H and O–H groups in total. The highest BCUT2D eigenvalue weighted by molar-refractivity contribution is 6.33. The first-order valence-electron chi connectivity index (χ1n) is 6.66. The summed E-state index contributed by atoms with van der Waals surface area (Å²) in [7, 11) is 0. The van der Waals surface area contributed by atoms with Gasteiger partial charge in [-0.05, 0) is 50.6 Å². The second-order valence-corrected chi connectivity index (χ2v) is 5.21. The predicted molar refractivity (Wildman–Crippen MR) is 83.1 cm³/mol. The maximum atomic E-state index is 8.93. The lowest BCUT2D eigenvalue weighted by Crippen LogP contribution is -2.03. The lowest BCUT2D eigenvalue weighted by molar-refractivity contribution is 0.715. The Labute approximate surface area is 124 Å².